The fraction of sp³-hybridized carbons (Fsp3) is 0.447. The van der Waals surface area contributed by atoms with Crippen LogP contribution in [0.15, 0.2) is 54.9 Å². The average molecular weight is 766 g/mol. The van der Waals surface area contributed by atoms with Crippen molar-refractivity contribution in [1.82, 2.24) is 24.8 Å². The molecule has 1 aliphatic carbocycles. The second kappa shape index (κ2) is 14.7. The number of halogens is 3. The zero-order valence-corrected chi connectivity index (χ0v) is 30.4. The first-order chi connectivity index (χ1) is 26.0. The van der Waals surface area contributed by atoms with Gasteiger partial charge >= 0.3 is 5.97 Å². The summed E-state index contributed by atoms with van der Waals surface area (Å²) in [5.41, 5.74) is 0.933. The molecule has 8 rings (SSSR count). The largest absolute Gasteiger partial charge is 0.480 e. The number of benzene rings is 2. The van der Waals surface area contributed by atoms with Gasteiger partial charge in [0.1, 0.15) is 28.9 Å². The molecule has 3 N–H and O–H groups in total. The molecule has 4 fully saturated rings. The van der Waals surface area contributed by atoms with Gasteiger partial charge in [-0.1, -0.05) is 12.1 Å². The van der Waals surface area contributed by atoms with Gasteiger partial charge in [-0.3, -0.25) is 19.0 Å². The Kier molecular flexibility index (Phi) is 9.98. The summed E-state index contributed by atoms with van der Waals surface area (Å²) in [6, 6.07) is 11.6. The van der Waals surface area contributed by atoms with Gasteiger partial charge in [-0.2, -0.15) is 4.41 Å². The number of piperazine rings is 1. The number of piperidine rings is 1. The van der Waals surface area contributed by atoms with Crippen molar-refractivity contribution in [2.24, 2.45) is 5.92 Å². The molecule has 54 heavy (non-hydrogen) atoms. The Balaban J connectivity index is 0.929. The lowest BCUT2D eigenvalue weighted by Gasteiger charge is -2.41. The molecule has 1 unspecified atom stereocenters. The van der Waals surface area contributed by atoms with Gasteiger partial charge in [0.2, 0.25) is 5.78 Å². The smallest absolute Gasteiger partial charge is 0.324 e. The zero-order chi connectivity index (χ0) is 37.7. The summed E-state index contributed by atoms with van der Waals surface area (Å²) >= 11 is -2.81. The van der Waals surface area contributed by atoms with Crippen LogP contribution in [-0.4, -0.2) is 121 Å². The quantitative estimate of drug-likeness (QED) is 0.140. The highest BCUT2D eigenvalue weighted by Gasteiger charge is 2.55. The highest BCUT2D eigenvalue weighted by Crippen LogP contribution is 2.42. The van der Waals surface area contributed by atoms with Crippen LogP contribution in [0.3, 0.4) is 0 Å². The summed E-state index contributed by atoms with van der Waals surface area (Å²) in [6.45, 7) is 6.13. The number of carboxylic acid groups (broad SMARTS) is 1. The molecule has 0 amide bonds. The normalized spacial score (nSPS) is 21.8. The Morgan fingerprint density at radius 3 is 2.31 bits per heavy atom. The van der Waals surface area contributed by atoms with E-state index in [4.69, 9.17) is 0 Å². The van der Waals surface area contributed by atoms with Crippen LogP contribution in [0, 0.1) is 17.6 Å². The topological polar surface area (TPSA) is 137 Å². The Labute approximate surface area is 312 Å². The van der Waals surface area contributed by atoms with E-state index in [2.05, 4.69) is 36.8 Å². The number of pyridine rings is 1. The number of hydrazine groups is 1. The second-order valence-electron chi connectivity index (χ2n) is 14.8. The molecule has 16 heteroatoms. The van der Waals surface area contributed by atoms with E-state index in [1.54, 1.807) is 12.3 Å². The number of carbonyl (C=O) groups excluding carboxylic acids is 1. The predicted octanol–water partition coefficient (Wildman–Crippen LogP) is 5.09. The van der Waals surface area contributed by atoms with Crippen molar-refractivity contribution in [2.75, 3.05) is 68.2 Å². The molecule has 0 bridgehead atoms. The molecular formula is C38H42F3N7O5S. The number of fused-ring (bicyclic) bond motifs is 1. The summed E-state index contributed by atoms with van der Waals surface area (Å²) in [4.78, 5) is 39.9. The lowest BCUT2D eigenvalue weighted by atomic mass is 9.95. The van der Waals surface area contributed by atoms with Crippen molar-refractivity contribution in [2.45, 2.75) is 43.8 Å². The number of carboxylic acids is 1. The first-order valence-electron chi connectivity index (χ1n) is 18.4. The fourth-order valence-corrected chi connectivity index (χ4v) is 8.98. The summed E-state index contributed by atoms with van der Waals surface area (Å²) in [7, 11) is 0. The van der Waals surface area contributed by atoms with Crippen molar-refractivity contribution in [3.63, 3.8) is 0 Å². The van der Waals surface area contributed by atoms with Crippen molar-refractivity contribution < 1.29 is 36.6 Å². The number of hydrogen-bond donors (Lipinski definition) is 3. The average Bonchev–Trinajstić information content (AvgIpc) is 3.71. The second-order valence-corrected chi connectivity index (χ2v) is 15.6. The first-order valence-corrected chi connectivity index (χ1v) is 19.4. The molecule has 12 nitrogen and oxygen atoms in total. The number of alkyl halides is 1. The molecule has 0 spiro atoms. The molecule has 4 aliphatic rings. The molecule has 0 radical (unpaired) electrons. The van der Waals surface area contributed by atoms with Gasteiger partial charge in [0.15, 0.2) is 5.82 Å². The van der Waals surface area contributed by atoms with Crippen LogP contribution in [0.25, 0.3) is 22.2 Å². The van der Waals surface area contributed by atoms with Crippen LogP contribution in [0.5, 0.6) is 0 Å². The minimum Gasteiger partial charge on any atom is -0.480 e. The molecule has 2 atom stereocenters. The van der Waals surface area contributed by atoms with Gasteiger partial charge < -0.3 is 19.9 Å². The molecule has 3 saturated heterocycles. The van der Waals surface area contributed by atoms with Gasteiger partial charge in [-0.05, 0) is 73.9 Å². The van der Waals surface area contributed by atoms with Crippen molar-refractivity contribution in [3.8, 4) is 11.1 Å². The molecule has 1 saturated carbocycles. The van der Waals surface area contributed by atoms with Crippen LogP contribution < -0.4 is 9.31 Å². The SMILES string of the molecule is O=C(c1c(F)ccc(N(N2CC[C@@H](F)C2)S(=O)O)c1F)c1c[nH]c2ncc(-c3ccc(N4CCC(CN5CCN(C6(C(=O)O)CC6)CC5)CC4)cc3)cc12. The van der Waals surface area contributed by atoms with Gasteiger partial charge in [0.05, 0.1) is 12.1 Å². The summed E-state index contributed by atoms with van der Waals surface area (Å²) in [6.07, 6.45) is 5.44. The Bertz CT molecular complexity index is 2080. The third-order valence-corrected chi connectivity index (χ3v) is 12.3. The minimum absolute atomic E-state index is 0.0237. The van der Waals surface area contributed by atoms with E-state index in [0.717, 1.165) is 94.9 Å². The number of anilines is 2. The monoisotopic (exact) mass is 765 g/mol. The number of nitrogens with one attached hydrogen (secondary N) is 1. The van der Waals surface area contributed by atoms with Crippen molar-refractivity contribution in [3.05, 3.63) is 77.6 Å². The molecule has 2 aromatic carbocycles. The minimum atomic E-state index is -2.81. The van der Waals surface area contributed by atoms with Crippen LogP contribution in [0.2, 0.25) is 0 Å². The van der Waals surface area contributed by atoms with Crippen molar-refractivity contribution >= 4 is 45.4 Å². The van der Waals surface area contributed by atoms with Gasteiger partial charge in [-0.15, -0.1) is 0 Å². The maximum atomic E-state index is 16.0. The number of aromatic amines is 1. The van der Waals surface area contributed by atoms with E-state index < -0.39 is 57.6 Å². The number of nitrogens with zero attached hydrogens (tertiary/aromatic N) is 6. The molecule has 2 aromatic heterocycles. The summed E-state index contributed by atoms with van der Waals surface area (Å²) in [5, 5.41) is 11.1. The van der Waals surface area contributed by atoms with Crippen LogP contribution in [-0.2, 0) is 16.1 Å². The van der Waals surface area contributed by atoms with E-state index in [0.29, 0.717) is 26.9 Å². The number of hydrogen-bond acceptors (Lipinski definition) is 8. The highest BCUT2D eigenvalue weighted by molar-refractivity contribution is 7.80. The Morgan fingerprint density at radius 2 is 1.69 bits per heavy atom. The first kappa shape index (κ1) is 36.6. The molecule has 5 heterocycles. The zero-order valence-electron chi connectivity index (χ0n) is 29.6. The lowest BCUT2D eigenvalue weighted by Crippen LogP contribution is -2.55. The molecule has 4 aromatic rings. The van der Waals surface area contributed by atoms with Gasteiger partial charge in [0.25, 0.3) is 11.3 Å². The molecular weight excluding hydrogens is 724 g/mol. The number of H-pyrrole nitrogens is 1. The van der Waals surface area contributed by atoms with Crippen molar-refractivity contribution in [1.29, 1.82) is 0 Å². The molecule has 286 valence electrons. The highest BCUT2D eigenvalue weighted by atomic mass is 32.2. The predicted molar refractivity (Wildman–Crippen MR) is 198 cm³/mol. The summed E-state index contributed by atoms with van der Waals surface area (Å²) in [5.74, 6) is -3.54. The van der Waals surface area contributed by atoms with Gasteiger partial charge in [-0.25, -0.2) is 27.4 Å². The standard InChI is InChI=1S/C38H42F3N7O5S/c39-27-9-14-47(23-27)48(54(52)53)32-6-5-31(40)33(34(32)41)35(49)30-21-43-36-29(30)19-26(20-42-36)25-1-3-28(4-2-25)45-12-7-24(8-13-45)22-44-15-17-46(18-16-44)38(10-11-38)37(50)51/h1-6,19-21,24,27H,7-18,22-23H2,(H,42,43)(H,50,51)(H,52,53)/t27-/m1/s1. The maximum absolute atomic E-state index is 16.0. The lowest BCUT2D eigenvalue weighted by molar-refractivity contribution is -0.146. The van der Waals surface area contributed by atoms with E-state index in [1.807, 2.05) is 12.1 Å². The third kappa shape index (κ3) is 6.89. The van der Waals surface area contributed by atoms with E-state index in [1.165, 1.54) is 11.2 Å². The van der Waals surface area contributed by atoms with E-state index in [-0.39, 0.29) is 25.1 Å². The van der Waals surface area contributed by atoms with E-state index in [9.17, 15) is 27.8 Å². The number of aliphatic carboxylic acids is 1. The summed E-state index contributed by atoms with van der Waals surface area (Å²) < 4.78 is 67.9. The molecule has 3 aliphatic heterocycles. The third-order valence-electron chi connectivity index (χ3n) is 11.6. The number of aromatic nitrogens is 2. The number of carbonyl (C=O) groups is 2. The number of rotatable bonds is 11. The van der Waals surface area contributed by atoms with Crippen LogP contribution >= 0.6 is 0 Å². The fourth-order valence-electron chi connectivity index (χ4n) is 8.33. The van der Waals surface area contributed by atoms with Crippen LogP contribution in [0.4, 0.5) is 24.5 Å². The van der Waals surface area contributed by atoms with E-state index >= 15 is 8.78 Å². The Hall–Kier alpha value is -4.35. The number of ketones is 1. The Morgan fingerprint density at radius 1 is 0.963 bits per heavy atom. The van der Waals surface area contributed by atoms with Crippen LogP contribution in [0.1, 0.15) is 48.0 Å². The van der Waals surface area contributed by atoms with Gasteiger partial charge in [0, 0.05) is 87.0 Å². The maximum Gasteiger partial charge on any atom is 0.324 e.